The van der Waals surface area contributed by atoms with Crippen molar-refractivity contribution < 1.29 is 9.59 Å². The fourth-order valence-corrected chi connectivity index (χ4v) is 3.25. The molecule has 2 amide bonds. The van der Waals surface area contributed by atoms with Crippen molar-refractivity contribution in [3.63, 3.8) is 0 Å². The Kier molecular flexibility index (Phi) is 4.90. The third-order valence-corrected chi connectivity index (χ3v) is 4.53. The van der Waals surface area contributed by atoms with E-state index >= 15 is 0 Å². The summed E-state index contributed by atoms with van der Waals surface area (Å²) < 4.78 is 0. The number of para-hydroxylation sites is 1. The highest BCUT2D eigenvalue weighted by molar-refractivity contribution is 7.07. The normalized spacial score (nSPS) is 16.8. The molecule has 0 aliphatic carbocycles. The number of hydrogen-bond acceptors (Lipinski definition) is 5. The van der Waals surface area contributed by atoms with Crippen molar-refractivity contribution in [3.8, 4) is 0 Å². The summed E-state index contributed by atoms with van der Waals surface area (Å²) in [5, 5.41) is 12.8. The summed E-state index contributed by atoms with van der Waals surface area (Å²) in [6, 6.07) is 10.6. The van der Waals surface area contributed by atoms with Crippen molar-refractivity contribution in [2.45, 2.75) is 18.9 Å². The number of rotatable bonds is 6. The molecule has 2 heterocycles. The Morgan fingerprint density at radius 2 is 2.08 bits per heavy atom. The molecule has 7 heteroatoms. The van der Waals surface area contributed by atoms with E-state index in [1.807, 2.05) is 41.8 Å². The first-order chi connectivity index (χ1) is 11.6. The van der Waals surface area contributed by atoms with Gasteiger partial charge in [0.05, 0.1) is 5.69 Å². The van der Waals surface area contributed by atoms with Crippen molar-refractivity contribution in [1.82, 2.24) is 5.32 Å². The molecule has 1 aliphatic heterocycles. The van der Waals surface area contributed by atoms with Crippen LogP contribution in [0.4, 0.5) is 5.69 Å². The topological polar surface area (TPSA) is 87.8 Å². The second-order valence-electron chi connectivity index (χ2n) is 5.49. The molecule has 124 valence electrons. The lowest BCUT2D eigenvalue weighted by molar-refractivity contribution is -0.119. The van der Waals surface area contributed by atoms with E-state index < -0.39 is 11.9 Å². The smallest absolute Gasteiger partial charge is 0.267 e. The molecule has 1 aliphatic rings. The second-order valence-corrected chi connectivity index (χ2v) is 6.27. The van der Waals surface area contributed by atoms with E-state index in [0.717, 1.165) is 12.1 Å². The molecular weight excluding hydrogens is 324 g/mol. The Labute approximate surface area is 144 Å². The van der Waals surface area contributed by atoms with Crippen molar-refractivity contribution >= 4 is 34.6 Å². The van der Waals surface area contributed by atoms with Crippen molar-refractivity contribution in [2.24, 2.45) is 10.8 Å². The third kappa shape index (κ3) is 3.62. The van der Waals surface area contributed by atoms with E-state index in [1.54, 1.807) is 11.3 Å². The number of primary amides is 1. The van der Waals surface area contributed by atoms with Crippen LogP contribution < -0.4 is 16.1 Å². The number of amides is 2. The Hall–Kier alpha value is -2.67. The lowest BCUT2D eigenvalue weighted by Crippen LogP contribution is -2.40. The molecule has 0 unspecified atom stereocenters. The minimum Gasteiger partial charge on any atom is -0.368 e. The van der Waals surface area contributed by atoms with Crippen LogP contribution in [-0.2, 0) is 16.0 Å². The molecule has 1 aromatic carbocycles. The first-order valence-corrected chi connectivity index (χ1v) is 8.60. The molecule has 0 radical (unpaired) electrons. The number of nitrogens with two attached hydrogens (primary N) is 1. The van der Waals surface area contributed by atoms with Gasteiger partial charge in [0.2, 0.25) is 5.91 Å². The summed E-state index contributed by atoms with van der Waals surface area (Å²) in [5.41, 5.74) is 7.72. The van der Waals surface area contributed by atoms with Gasteiger partial charge in [-0.3, -0.25) is 14.6 Å². The summed E-state index contributed by atoms with van der Waals surface area (Å²) >= 11 is 1.63. The van der Waals surface area contributed by atoms with Gasteiger partial charge < -0.3 is 11.1 Å². The highest BCUT2D eigenvalue weighted by atomic mass is 32.1. The predicted octanol–water partition coefficient (Wildman–Crippen LogP) is 1.53. The SMILES string of the molecule is NC(=O)[C@@H]1CC(C(=O)NCCc2ccsc2)=NN1c1ccccc1. The molecule has 3 N–H and O–H groups in total. The van der Waals surface area contributed by atoms with Gasteiger partial charge in [-0.05, 0) is 40.9 Å². The predicted molar refractivity (Wildman–Crippen MR) is 95.0 cm³/mol. The molecule has 3 rings (SSSR count). The number of nitrogens with one attached hydrogen (secondary N) is 1. The van der Waals surface area contributed by atoms with Crippen LogP contribution in [0.25, 0.3) is 0 Å². The Morgan fingerprint density at radius 3 is 2.75 bits per heavy atom. The maximum Gasteiger partial charge on any atom is 0.267 e. The number of thiophene rings is 1. The maximum absolute atomic E-state index is 12.3. The van der Waals surface area contributed by atoms with Crippen LogP contribution in [0.15, 0.2) is 52.3 Å². The quantitative estimate of drug-likeness (QED) is 0.834. The summed E-state index contributed by atoms with van der Waals surface area (Å²) in [5.74, 6) is -0.751. The molecule has 2 aromatic rings. The van der Waals surface area contributed by atoms with E-state index in [2.05, 4.69) is 15.8 Å². The Morgan fingerprint density at radius 1 is 1.29 bits per heavy atom. The van der Waals surface area contributed by atoms with Crippen LogP contribution >= 0.6 is 11.3 Å². The van der Waals surface area contributed by atoms with E-state index in [4.69, 9.17) is 5.73 Å². The number of hydrogen-bond donors (Lipinski definition) is 2. The van der Waals surface area contributed by atoms with E-state index in [0.29, 0.717) is 12.3 Å². The fourth-order valence-electron chi connectivity index (χ4n) is 2.55. The van der Waals surface area contributed by atoms with Gasteiger partial charge in [0.15, 0.2) is 0 Å². The molecular formula is C17H18N4O2S. The van der Waals surface area contributed by atoms with Crippen molar-refractivity contribution in [2.75, 3.05) is 11.6 Å². The summed E-state index contributed by atoms with van der Waals surface area (Å²) in [7, 11) is 0. The highest BCUT2D eigenvalue weighted by Crippen LogP contribution is 2.24. The molecule has 1 aromatic heterocycles. The lowest BCUT2D eigenvalue weighted by atomic mass is 10.1. The molecule has 0 saturated heterocycles. The van der Waals surface area contributed by atoms with Crippen molar-refractivity contribution in [3.05, 3.63) is 52.7 Å². The zero-order chi connectivity index (χ0) is 16.9. The van der Waals surface area contributed by atoms with Crippen LogP contribution in [0.1, 0.15) is 12.0 Å². The van der Waals surface area contributed by atoms with Gasteiger partial charge in [-0.25, -0.2) is 0 Å². The van der Waals surface area contributed by atoms with Gasteiger partial charge >= 0.3 is 0 Å². The summed E-state index contributed by atoms with van der Waals surface area (Å²) in [6.07, 6.45) is 0.985. The first kappa shape index (κ1) is 16.2. The van der Waals surface area contributed by atoms with Gasteiger partial charge in [-0.1, -0.05) is 18.2 Å². The maximum atomic E-state index is 12.3. The summed E-state index contributed by atoms with van der Waals surface area (Å²) in [4.78, 5) is 24.0. The van der Waals surface area contributed by atoms with Gasteiger partial charge in [-0.15, -0.1) is 0 Å². The first-order valence-electron chi connectivity index (χ1n) is 7.65. The molecule has 0 spiro atoms. The third-order valence-electron chi connectivity index (χ3n) is 3.80. The van der Waals surface area contributed by atoms with Crippen molar-refractivity contribution in [1.29, 1.82) is 0 Å². The highest BCUT2D eigenvalue weighted by Gasteiger charge is 2.34. The number of anilines is 1. The monoisotopic (exact) mass is 342 g/mol. The number of nitrogens with zero attached hydrogens (tertiary/aromatic N) is 2. The molecule has 0 bridgehead atoms. The van der Waals surface area contributed by atoms with Crippen LogP contribution in [0.3, 0.4) is 0 Å². The number of carbonyl (C=O) groups excluding carboxylic acids is 2. The second kappa shape index (κ2) is 7.27. The van der Waals surface area contributed by atoms with Crippen LogP contribution in [-0.4, -0.2) is 30.1 Å². The Bertz CT molecular complexity index is 743. The lowest BCUT2D eigenvalue weighted by Gasteiger charge is -2.20. The summed E-state index contributed by atoms with van der Waals surface area (Å²) in [6.45, 7) is 0.529. The number of hydrazone groups is 1. The standard InChI is InChI=1S/C17H18N4O2S/c18-16(22)15-10-14(20-21(15)13-4-2-1-3-5-13)17(23)19-8-6-12-7-9-24-11-12/h1-5,7,9,11,15H,6,8,10H2,(H2,18,22)(H,19,23)/t15-/m0/s1. The Balaban J connectivity index is 1.66. The number of benzene rings is 1. The average molecular weight is 342 g/mol. The van der Waals surface area contributed by atoms with Gasteiger partial charge in [0, 0.05) is 13.0 Å². The van der Waals surface area contributed by atoms with E-state index in [9.17, 15) is 9.59 Å². The van der Waals surface area contributed by atoms with Gasteiger partial charge in [-0.2, -0.15) is 16.4 Å². The number of carbonyl (C=O) groups is 2. The van der Waals surface area contributed by atoms with E-state index in [1.165, 1.54) is 10.6 Å². The van der Waals surface area contributed by atoms with Gasteiger partial charge in [0.1, 0.15) is 11.8 Å². The molecule has 24 heavy (non-hydrogen) atoms. The average Bonchev–Trinajstić information content (AvgIpc) is 3.25. The minimum absolute atomic E-state index is 0.217. The zero-order valence-corrected chi connectivity index (χ0v) is 13.8. The molecule has 0 saturated carbocycles. The fraction of sp³-hybridized carbons (Fsp3) is 0.235. The minimum atomic E-state index is -0.634. The zero-order valence-electron chi connectivity index (χ0n) is 13.0. The van der Waals surface area contributed by atoms with Crippen LogP contribution in [0, 0.1) is 0 Å². The van der Waals surface area contributed by atoms with Crippen LogP contribution in [0.2, 0.25) is 0 Å². The van der Waals surface area contributed by atoms with Crippen LogP contribution in [0.5, 0.6) is 0 Å². The molecule has 6 nitrogen and oxygen atoms in total. The molecule has 0 fully saturated rings. The van der Waals surface area contributed by atoms with E-state index in [-0.39, 0.29) is 12.3 Å². The van der Waals surface area contributed by atoms with Gasteiger partial charge in [0.25, 0.3) is 5.91 Å². The largest absolute Gasteiger partial charge is 0.368 e. The molecule has 1 atom stereocenters.